The molecule has 0 aromatic carbocycles. The molecule has 1 fully saturated rings. The topological polar surface area (TPSA) is 55.1 Å². The molecule has 1 saturated carbocycles. The average molecular weight is 198 g/mol. The number of hydrogen-bond acceptors (Lipinski definition) is 2. The van der Waals surface area contributed by atoms with Gasteiger partial charge < -0.3 is 11.1 Å². The summed E-state index contributed by atoms with van der Waals surface area (Å²) in [5.41, 5.74) is 5.03. The lowest BCUT2D eigenvalue weighted by Crippen LogP contribution is -2.59. The average Bonchev–Trinajstić information content (AvgIpc) is 2.80. The largest absolute Gasteiger partial charge is 0.368 e. The second kappa shape index (κ2) is 3.54. The van der Waals surface area contributed by atoms with E-state index >= 15 is 0 Å². The van der Waals surface area contributed by atoms with Crippen molar-refractivity contribution in [2.24, 2.45) is 17.1 Å². The minimum Gasteiger partial charge on any atom is -0.368 e. The van der Waals surface area contributed by atoms with E-state index in [2.05, 4.69) is 26.1 Å². The summed E-state index contributed by atoms with van der Waals surface area (Å²) in [5.74, 6) is 0.314. The molecule has 3 nitrogen and oxygen atoms in total. The first-order valence-electron chi connectivity index (χ1n) is 5.37. The molecule has 3 N–H and O–H groups in total. The normalized spacial score (nSPS) is 23.2. The molecule has 1 unspecified atom stereocenters. The zero-order valence-electron chi connectivity index (χ0n) is 9.68. The van der Waals surface area contributed by atoms with E-state index in [0.717, 1.165) is 19.4 Å². The van der Waals surface area contributed by atoms with Gasteiger partial charge in [0.1, 0.15) is 5.54 Å². The third-order valence-electron chi connectivity index (χ3n) is 3.56. The molecular formula is C11H22N2O. The molecule has 0 radical (unpaired) electrons. The van der Waals surface area contributed by atoms with E-state index < -0.39 is 5.54 Å². The van der Waals surface area contributed by atoms with Crippen LogP contribution < -0.4 is 11.1 Å². The molecule has 14 heavy (non-hydrogen) atoms. The highest BCUT2D eigenvalue weighted by Crippen LogP contribution is 2.53. The number of rotatable bonds is 5. The van der Waals surface area contributed by atoms with E-state index in [1.54, 1.807) is 0 Å². The Balaban J connectivity index is 2.68. The van der Waals surface area contributed by atoms with Crippen molar-refractivity contribution in [1.82, 2.24) is 5.32 Å². The standard InChI is InChI=1S/C11H22N2O/c1-8(2)7-13-11(4,9(12)14)10(3)5-6-10/h8,13H,5-7H2,1-4H3,(H2,12,14). The van der Waals surface area contributed by atoms with Gasteiger partial charge in [0.2, 0.25) is 5.91 Å². The minimum atomic E-state index is -0.530. The number of nitrogens with two attached hydrogens (primary N) is 1. The molecule has 82 valence electrons. The molecule has 0 bridgehead atoms. The summed E-state index contributed by atoms with van der Waals surface area (Å²) in [6.07, 6.45) is 2.19. The smallest absolute Gasteiger partial charge is 0.238 e. The fourth-order valence-electron chi connectivity index (χ4n) is 1.69. The number of primary amides is 1. The first-order valence-corrected chi connectivity index (χ1v) is 5.37. The Kier molecular flexibility index (Phi) is 2.91. The molecule has 1 rings (SSSR count). The Morgan fingerprint density at radius 1 is 1.57 bits per heavy atom. The van der Waals surface area contributed by atoms with Gasteiger partial charge in [-0.2, -0.15) is 0 Å². The van der Waals surface area contributed by atoms with Crippen LogP contribution in [0.25, 0.3) is 0 Å². The maximum absolute atomic E-state index is 11.5. The van der Waals surface area contributed by atoms with Gasteiger partial charge >= 0.3 is 0 Å². The van der Waals surface area contributed by atoms with Crippen LogP contribution in [-0.4, -0.2) is 18.0 Å². The van der Waals surface area contributed by atoms with Crippen molar-refractivity contribution in [2.75, 3.05) is 6.54 Å². The van der Waals surface area contributed by atoms with Crippen LogP contribution in [0.15, 0.2) is 0 Å². The molecule has 1 atom stereocenters. The summed E-state index contributed by atoms with van der Waals surface area (Å²) < 4.78 is 0. The van der Waals surface area contributed by atoms with Gasteiger partial charge in [0.05, 0.1) is 0 Å². The van der Waals surface area contributed by atoms with Crippen LogP contribution in [0.5, 0.6) is 0 Å². The van der Waals surface area contributed by atoms with Crippen molar-refractivity contribution in [3.05, 3.63) is 0 Å². The van der Waals surface area contributed by atoms with E-state index in [1.165, 1.54) is 0 Å². The molecule has 0 aromatic rings. The van der Waals surface area contributed by atoms with E-state index in [9.17, 15) is 4.79 Å². The minimum absolute atomic E-state index is 0.0771. The lowest BCUT2D eigenvalue weighted by atomic mass is 9.82. The number of nitrogens with one attached hydrogen (secondary N) is 1. The van der Waals surface area contributed by atoms with E-state index in [0.29, 0.717) is 5.92 Å². The second-order valence-electron chi connectivity index (χ2n) is 5.32. The molecule has 1 aliphatic rings. The summed E-state index contributed by atoms with van der Waals surface area (Å²) in [4.78, 5) is 11.5. The maximum atomic E-state index is 11.5. The van der Waals surface area contributed by atoms with Crippen LogP contribution in [0, 0.1) is 11.3 Å². The van der Waals surface area contributed by atoms with Gasteiger partial charge in [0.25, 0.3) is 0 Å². The van der Waals surface area contributed by atoms with Crippen LogP contribution in [0.2, 0.25) is 0 Å². The Hall–Kier alpha value is -0.570. The third-order valence-corrected chi connectivity index (χ3v) is 3.56. The lowest BCUT2D eigenvalue weighted by Gasteiger charge is -2.34. The number of carbonyl (C=O) groups is 1. The molecule has 0 heterocycles. The van der Waals surface area contributed by atoms with Gasteiger partial charge in [0.15, 0.2) is 0 Å². The first-order chi connectivity index (χ1) is 6.32. The summed E-state index contributed by atoms with van der Waals surface area (Å²) >= 11 is 0. The fraction of sp³-hybridized carbons (Fsp3) is 0.909. The summed E-state index contributed by atoms with van der Waals surface area (Å²) in [6.45, 7) is 9.16. The molecule has 0 aliphatic heterocycles. The zero-order chi connectivity index (χ0) is 11.0. The maximum Gasteiger partial charge on any atom is 0.238 e. The molecule has 0 spiro atoms. The number of hydrogen-bond donors (Lipinski definition) is 2. The predicted molar refractivity (Wildman–Crippen MR) is 57.8 cm³/mol. The third kappa shape index (κ3) is 1.92. The molecule has 0 aromatic heterocycles. The quantitative estimate of drug-likeness (QED) is 0.699. The van der Waals surface area contributed by atoms with Crippen molar-refractivity contribution >= 4 is 5.91 Å². The van der Waals surface area contributed by atoms with Crippen molar-refractivity contribution in [3.63, 3.8) is 0 Å². The molecular weight excluding hydrogens is 176 g/mol. The van der Waals surface area contributed by atoms with E-state index in [-0.39, 0.29) is 11.3 Å². The van der Waals surface area contributed by atoms with Crippen molar-refractivity contribution in [1.29, 1.82) is 0 Å². The Bertz CT molecular complexity index is 233. The van der Waals surface area contributed by atoms with Gasteiger partial charge in [-0.15, -0.1) is 0 Å². The fourth-order valence-corrected chi connectivity index (χ4v) is 1.69. The monoisotopic (exact) mass is 198 g/mol. The van der Waals surface area contributed by atoms with E-state index in [4.69, 9.17) is 5.73 Å². The summed E-state index contributed by atoms with van der Waals surface area (Å²) in [7, 11) is 0. The highest BCUT2D eigenvalue weighted by molar-refractivity contribution is 5.85. The zero-order valence-corrected chi connectivity index (χ0v) is 9.68. The highest BCUT2D eigenvalue weighted by Gasteiger charge is 2.56. The van der Waals surface area contributed by atoms with Crippen LogP contribution in [0.4, 0.5) is 0 Å². The van der Waals surface area contributed by atoms with Gasteiger partial charge in [0, 0.05) is 0 Å². The molecule has 3 heteroatoms. The molecule has 1 aliphatic carbocycles. The van der Waals surface area contributed by atoms with Gasteiger partial charge in [-0.1, -0.05) is 20.8 Å². The van der Waals surface area contributed by atoms with Gasteiger partial charge in [-0.25, -0.2) is 0 Å². The van der Waals surface area contributed by atoms with Gasteiger partial charge in [-0.3, -0.25) is 4.79 Å². The van der Waals surface area contributed by atoms with Crippen molar-refractivity contribution in [2.45, 2.75) is 46.1 Å². The van der Waals surface area contributed by atoms with Crippen LogP contribution in [0.1, 0.15) is 40.5 Å². The summed E-state index contributed by atoms with van der Waals surface area (Å²) in [6, 6.07) is 0. The van der Waals surface area contributed by atoms with Crippen molar-refractivity contribution in [3.8, 4) is 0 Å². The SMILES string of the molecule is CC(C)CNC(C)(C(N)=O)C1(C)CC1. The summed E-state index contributed by atoms with van der Waals surface area (Å²) in [5, 5.41) is 3.32. The number of amides is 1. The highest BCUT2D eigenvalue weighted by atomic mass is 16.1. The predicted octanol–water partition coefficient (Wildman–Crippen LogP) is 1.28. The van der Waals surface area contributed by atoms with Crippen LogP contribution >= 0.6 is 0 Å². The number of carbonyl (C=O) groups excluding carboxylic acids is 1. The van der Waals surface area contributed by atoms with Crippen molar-refractivity contribution < 1.29 is 4.79 Å². The lowest BCUT2D eigenvalue weighted by molar-refractivity contribution is -0.126. The molecule has 1 amide bonds. The first kappa shape index (κ1) is 11.5. The van der Waals surface area contributed by atoms with Crippen LogP contribution in [0.3, 0.4) is 0 Å². The molecule has 0 saturated heterocycles. The Labute approximate surface area is 86.4 Å². The Morgan fingerprint density at radius 2 is 2.07 bits per heavy atom. The van der Waals surface area contributed by atoms with E-state index in [1.807, 2.05) is 6.92 Å². The Morgan fingerprint density at radius 3 is 2.36 bits per heavy atom. The van der Waals surface area contributed by atoms with Gasteiger partial charge in [-0.05, 0) is 37.6 Å². The second-order valence-corrected chi connectivity index (χ2v) is 5.32. The van der Waals surface area contributed by atoms with Crippen LogP contribution in [-0.2, 0) is 4.79 Å².